The molecule has 4 aromatic rings. The minimum absolute atomic E-state index is 0.0770. The molecule has 1 aromatic heterocycles. The SMILES string of the molecule is O=C(O)COc1ccc(Cl)cc1C1c2ccccc2CCN1C(=O)Cn1cnc2ccccc21. The number of amides is 1. The lowest BCUT2D eigenvalue weighted by molar-refractivity contribution is -0.139. The van der Waals surface area contributed by atoms with Crippen LogP contribution in [0.4, 0.5) is 0 Å². The van der Waals surface area contributed by atoms with Gasteiger partial charge in [0.05, 0.1) is 23.4 Å². The van der Waals surface area contributed by atoms with Crippen LogP contribution < -0.4 is 4.74 Å². The second kappa shape index (κ2) is 9.19. The van der Waals surface area contributed by atoms with Crippen LogP contribution in [0.1, 0.15) is 22.7 Å². The third kappa shape index (κ3) is 4.22. The van der Waals surface area contributed by atoms with Gasteiger partial charge in [-0.2, -0.15) is 0 Å². The van der Waals surface area contributed by atoms with Crippen LogP contribution in [0.5, 0.6) is 5.75 Å². The van der Waals surface area contributed by atoms with Crippen LogP contribution in [0.15, 0.2) is 73.1 Å². The third-order valence-electron chi connectivity index (χ3n) is 6.05. The second-order valence-electron chi connectivity index (χ2n) is 8.16. The summed E-state index contributed by atoms with van der Waals surface area (Å²) in [4.78, 5) is 31.0. The van der Waals surface area contributed by atoms with Crippen molar-refractivity contribution in [3.63, 3.8) is 0 Å². The maximum Gasteiger partial charge on any atom is 0.341 e. The molecule has 3 aromatic carbocycles. The Balaban J connectivity index is 1.56. The Morgan fingerprint density at radius 1 is 1.06 bits per heavy atom. The number of nitrogens with zero attached hydrogens (tertiary/aromatic N) is 3. The molecule has 1 N–H and O–H groups in total. The van der Waals surface area contributed by atoms with E-state index in [1.165, 1.54) is 0 Å². The van der Waals surface area contributed by atoms with E-state index in [-0.39, 0.29) is 12.5 Å². The van der Waals surface area contributed by atoms with Gasteiger partial charge in [-0.3, -0.25) is 4.79 Å². The summed E-state index contributed by atoms with van der Waals surface area (Å²) in [6.45, 7) is 0.154. The van der Waals surface area contributed by atoms with E-state index in [0.717, 1.165) is 28.6 Å². The molecule has 0 spiro atoms. The number of carboxylic acid groups (broad SMARTS) is 1. The number of benzene rings is 3. The number of hydrogen-bond donors (Lipinski definition) is 1. The average Bonchev–Trinajstić information content (AvgIpc) is 3.25. The minimum atomic E-state index is -1.08. The maximum absolute atomic E-state index is 13.7. The number of carbonyl (C=O) groups is 2. The molecule has 1 aliphatic rings. The smallest absolute Gasteiger partial charge is 0.341 e. The van der Waals surface area contributed by atoms with Gasteiger partial charge in [0.15, 0.2) is 6.61 Å². The topological polar surface area (TPSA) is 84.7 Å². The highest BCUT2D eigenvalue weighted by atomic mass is 35.5. The lowest BCUT2D eigenvalue weighted by Gasteiger charge is -2.38. The largest absolute Gasteiger partial charge is 0.482 e. The summed E-state index contributed by atoms with van der Waals surface area (Å²) < 4.78 is 7.44. The first-order valence-electron chi connectivity index (χ1n) is 10.9. The zero-order valence-electron chi connectivity index (χ0n) is 18.2. The normalized spacial score (nSPS) is 15.2. The molecule has 8 heteroatoms. The van der Waals surface area contributed by atoms with Gasteiger partial charge < -0.3 is 19.3 Å². The Morgan fingerprint density at radius 3 is 2.71 bits per heavy atom. The molecular weight excluding hydrogens is 454 g/mol. The minimum Gasteiger partial charge on any atom is -0.482 e. The highest BCUT2D eigenvalue weighted by molar-refractivity contribution is 6.30. The molecule has 1 aliphatic heterocycles. The number of carbonyl (C=O) groups excluding carboxylic acids is 1. The van der Waals surface area contributed by atoms with Gasteiger partial charge in [0, 0.05) is 17.1 Å². The van der Waals surface area contributed by atoms with Gasteiger partial charge in [0.1, 0.15) is 12.3 Å². The van der Waals surface area contributed by atoms with Crippen molar-refractivity contribution in [2.24, 2.45) is 0 Å². The molecule has 0 saturated heterocycles. The van der Waals surface area contributed by atoms with Gasteiger partial charge in [-0.25, -0.2) is 9.78 Å². The van der Waals surface area contributed by atoms with Crippen molar-refractivity contribution in [3.8, 4) is 5.75 Å². The molecule has 172 valence electrons. The quantitative estimate of drug-likeness (QED) is 0.448. The van der Waals surface area contributed by atoms with E-state index in [2.05, 4.69) is 11.1 Å². The first-order chi connectivity index (χ1) is 16.5. The lowest BCUT2D eigenvalue weighted by atomic mass is 9.87. The Morgan fingerprint density at radius 2 is 1.85 bits per heavy atom. The standard InChI is InChI=1S/C26H22ClN3O4/c27-18-9-10-23(34-15-25(32)33)20(13-18)26-19-6-2-1-5-17(19)11-12-30(26)24(31)14-29-16-28-21-7-3-4-8-22(21)29/h1-10,13,16,26H,11-12,14-15H2,(H,32,33). The summed E-state index contributed by atoms with van der Waals surface area (Å²) >= 11 is 6.35. The van der Waals surface area contributed by atoms with Crippen LogP contribution in [0.25, 0.3) is 11.0 Å². The van der Waals surface area contributed by atoms with Gasteiger partial charge in [-0.05, 0) is 47.9 Å². The van der Waals surface area contributed by atoms with E-state index in [1.54, 1.807) is 24.5 Å². The van der Waals surface area contributed by atoms with Gasteiger partial charge >= 0.3 is 5.97 Å². The van der Waals surface area contributed by atoms with Crippen molar-refractivity contribution >= 4 is 34.5 Å². The van der Waals surface area contributed by atoms with Crippen LogP contribution in [-0.2, 0) is 22.6 Å². The van der Waals surface area contributed by atoms with Crippen molar-refractivity contribution in [1.29, 1.82) is 0 Å². The predicted octanol–water partition coefficient (Wildman–Crippen LogP) is 4.33. The maximum atomic E-state index is 13.7. The molecule has 1 amide bonds. The van der Waals surface area contributed by atoms with Gasteiger partial charge in [0.25, 0.3) is 0 Å². The highest BCUT2D eigenvalue weighted by Crippen LogP contribution is 2.40. The van der Waals surface area contributed by atoms with Crippen molar-refractivity contribution in [2.75, 3.05) is 13.2 Å². The Labute approximate surface area is 201 Å². The van der Waals surface area contributed by atoms with Crippen molar-refractivity contribution in [1.82, 2.24) is 14.5 Å². The molecule has 34 heavy (non-hydrogen) atoms. The van der Waals surface area contributed by atoms with Gasteiger partial charge in [-0.1, -0.05) is 48.0 Å². The number of fused-ring (bicyclic) bond motifs is 2. The third-order valence-corrected chi connectivity index (χ3v) is 6.29. The van der Waals surface area contributed by atoms with Gasteiger partial charge in [0.2, 0.25) is 5.91 Å². The number of aromatic nitrogens is 2. The zero-order valence-corrected chi connectivity index (χ0v) is 19.0. The number of ether oxygens (including phenoxy) is 1. The van der Waals surface area contributed by atoms with Crippen molar-refractivity contribution < 1.29 is 19.4 Å². The molecule has 5 rings (SSSR count). The fourth-order valence-electron chi connectivity index (χ4n) is 4.55. The van der Waals surface area contributed by atoms with E-state index < -0.39 is 18.6 Å². The summed E-state index contributed by atoms with van der Waals surface area (Å²) in [7, 11) is 0. The Kier molecular flexibility index (Phi) is 5.94. The van der Waals surface area contributed by atoms with Crippen molar-refractivity contribution in [3.05, 3.63) is 94.8 Å². The summed E-state index contributed by atoms with van der Waals surface area (Å²) in [6, 6.07) is 20.2. The number of hydrogen-bond acceptors (Lipinski definition) is 4. The van der Waals surface area contributed by atoms with Crippen LogP contribution in [0.2, 0.25) is 5.02 Å². The lowest BCUT2D eigenvalue weighted by Crippen LogP contribution is -2.42. The molecule has 0 saturated carbocycles. The zero-order chi connectivity index (χ0) is 23.7. The second-order valence-corrected chi connectivity index (χ2v) is 8.60. The fourth-order valence-corrected chi connectivity index (χ4v) is 4.73. The van der Waals surface area contributed by atoms with Crippen LogP contribution in [0, 0.1) is 0 Å². The number of para-hydroxylation sites is 2. The van der Waals surface area contributed by atoms with E-state index in [9.17, 15) is 9.59 Å². The molecular formula is C26H22ClN3O4. The molecule has 7 nitrogen and oxygen atoms in total. The van der Waals surface area contributed by atoms with Crippen LogP contribution in [0.3, 0.4) is 0 Å². The molecule has 1 atom stereocenters. The van der Waals surface area contributed by atoms with Crippen LogP contribution in [-0.4, -0.2) is 44.6 Å². The molecule has 0 aliphatic carbocycles. The number of rotatable bonds is 6. The highest BCUT2D eigenvalue weighted by Gasteiger charge is 2.34. The molecule has 0 fully saturated rings. The summed E-state index contributed by atoms with van der Waals surface area (Å²) in [5.41, 5.74) is 4.48. The molecule has 1 unspecified atom stereocenters. The van der Waals surface area contributed by atoms with E-state index in [4.69, 9.17) is 21.4 Å². The average molecular weight is 476 g/mol. The van der Waals surface area contributed by atoms with E-state index in [1.807, 2.05) is 51.9 Å². The summed E-state index contributed by atoms with van der Waals surface area (Å²) in [5, 5.41) is 9.61. The van der Waals surface area contributed by atoms with Crippen LogP contribution >= 0.6 is 11.6 Å². The first kappa shape index (κ1) is 22.0. The predicted molar refractivity (Wildman–Crippen MR) is 128 cm³/mol. The Hall–Kier alpha value is -3.84. The number of aliphatic carboxylic acids is 1. The van der Waals surface area contributed by atoms with E-state index in [0.29, 0.717) is 22.9 Å². The monoisotopic (exact) mass is 475 g/mol. The summed E-state index contributed by atoms with van der Waals surface area (Å²) in [6.07, 6.45) is 2.39. The Bertz CT molecular complexity index is 1380. The molecule has 0 radical (unpaired) electrons. The summed E-state index contributed by atoms with van der Waals surface area (Å²) in [5.74, 6) is -0.768. The molecule has 2 heterocycles. The fraction of sp³-hybridized carbons (Fsp3) is 0.192. The van der Waals surface area contributed by atoms with Gasteiger partial charge in [-0.15, -0.1) is 0 Å². The number of carboxylic acids is 1. The van der Waals surface area contributed by atoms with Crippen molar-refractivity contribution in [2.45, 2.75) is 19.0 Å². The number of imidazole rings is 1. The number of halogens is 1. The first-order valence-corrected chi connectivity index (χ1v) is 11.3. The molecule has 0 bridgehead atoms. The van der Waals surface area contributed by atoms with E-state index >= 15 is 0 Å².